The maximum atomic E-state index is 5.53. The quantitative estimate of drug-likeness (QED) is 0.657. The van der Waals surface area contributed by atoms with Crippen molar-refractivity contribution in [2.75, 3.05) is 6.54 Å². The van der Waals surface area contributed by atoms with Gasteiger partial charge in [-0.3, -0.25) is 0 Å². The lowest BCUT2D eigenvalue weighted by atomic mass is 10.1. The molecule has 2 aromatic heterocycles. The van der Waals surface area contributed by atoms with Crippen LogP contribution in [0.25, 0.3) is 11.2 Å². The van der Waals surface area contributed by atoms with Gasteiger partial charge in [-0.05, 0) is 0 Å². The number of hydrogen-bond acceptors (Lipinski definition) is 5. The minimum Gasteiger partial charge on any atom is -0.440 e. The Kier molecular flexibility index (Phi) is 1.24. The van der Waals surface area contributed by atoms with Crippen LogP contribution in [0, 0.1) is 0 Å². The molecule has 2 aromatic rings. The van der Waals surface area contributed by atoms with Crippen LogP contribution < -0.4 is 5.32 Å². The van der Waals surface area contributed by atoms with E-state index in [1.165, 1.54) is 17.3 Å². The van der Waals surface area contributed by atoms with E-state index in [9.17, 15) is 0 Å². The van der Waals surface area contributed by atoms with Crippen LogP contribution in [0.15, 0.2) is 4.42 Å². The molecule has 0 bridgehead atoms. The molecular weight excluding hydrogens is 174 g/mol. The zero-order valence-electron chi connectivity index (χ0n) is 6.33. The Balaban J connectivity index is 2.34. The summed E-state index contributed by atoms with van der Waals surface area (Å²) >= 11 is 1.21. The number of nitrogens with one attached hydrogen (secondary N) is 1. The van der Waals surface area contributed by atoms with Crippen molar-refractivity contribution in [1.29, 1.82) is 0 Å². The van der Waals surface area contributed by atoms with E-state index >= 15 is 0 Å². The van der Waals surface area contributed by atoms with Crippen molar-refractivity contribution in [3.05, 3.63) is 11.3 Å². The Morgan fingerprint density at radius 2 is 2.42 bits per heavy atom. The predicted octanol–water partition coefficient (Wildman–Crippen LogP) is 0.930. The first-order chi connectivity index (χ1) is 5.95. The maximum absolute atomic E-state index is 5.53. The maximum Gasteiger partial charge on any atom is 0.258 e. The summed E-state index contributed by atoms with van der Waals surface area (Å²) in [5, 5.41) is 3.29. The molecule has 0 atom stereocenters. The van der Waals surface area contributed by atoms with Gasteiger partial charge in [-0.2, -0.15) is 4.37 Å². The standard InChI is InChI=1S/C7H7N3OS/c1-2-8-3-4-5(1)11-7-6(4)9-12-10-7/h8H,1-3H2. The number of fused-ring (bicyclic) bond motifs is 3. The molecule has 0 fully saturated rings. The van der Waals surface area contributed by atoms with Gasteiger partial charge in [0.1, 0.15) is 11.3 Å². The number of nitrogens with zero attached hydrogens (tertiary/aromatic N) is 2. The van der Waals surface area contributed by atoms with E-state index in [2.05, 4.69) is 14.1 Å². The fourth-order valence-corrected chi connectivity index (χ4v) is 2.05. The first-order valence-corrected chi connectivity index (χ1v) is 4.62. The summed E-state index contributed by atoms with van der Waals surface area (Å²) in [6, 6.07) is 0. The van der Waals surface area contributed by atoms with Gasteiger partial charge in [0.15, 0.2) is 0 Å². The van der Waals surface area contributed by atoms with Gasteiger partial charge in [-0.1, -0.05) is 0 Å². The SMILES string of the molecule is C1Cc2oc3nsnc3c2CN1. The molecule has 0 saturated carbocycles. The fourth-order valence-electron chi connectivity index (χ4n) is 1.54. The summed E-state index contributed by atoms with van der Waals surface area (Å²) in [5.41, 5.74) is 2.85. The van der Waals surface area contributed by atoms with Gasteiger partial charge in [0.05, 0.1) is 11.7 Å². The average Bonchev–Trinajstić information content (AvgIpc) is 2.62. The van der Waals surface area contributed by atoms with Gasteiger partial charge >= 0.3 is 0 Å². The minimum atomic E-state index is 0.703. The largest absolute Gasteiger partial charge is 0.440 e. The molecule has 62 valence electrons. The molecule has 3 heterocycles. The van der Waals surface area contributed by atoms with Crippen LogP contribution in [0.1, 0.15) is 11.3 Å². The molecule has 1 aliphatic heterocycles. The smallest absolute Gasteiger partial charge is 0.258 e. The highest BCUT2D eigenvalue weighted by molar-refractivity contribution is 7.00. The Bertz CT molecular complexity index is 419. The van der Waals surface area contributed by atoms with Crippen LogP contribution >= 0.6 is 11.7 Å². The first-order valence-electron chi connectivity index (χ1n) is 3.88. The van der Waals surface area contributed by atoms with Crippen molar-refractivity contribution >= 4 is 23.0 Å². The van der Waals surface area contributed by atoms with E-state index in [1.54, 1.807) is 0 Å². The van der Waals surface area contributed by atoms with E-state index in [0.29, 0.717) is 5.71 Å². The normalized spacial score (nSPS) is 16.7. The lowest BCUT2D eigenvalue weighted by molar-refractivity contribution is 0.496. The third-order valence-corrected chi connectivity index (χ3v) is 2.64. The summed E-state index contributed by atoms with van der Waals surface area (Å²) in [7, 11) is 0. The molecule has 0 aromatic carbocycles. The van der Waals surface area contributed by atoms with Crippen LogP contribution in [0.5, 0.6) is 0 Å². The molecule has 3 rings (SSSR count). The molecule has 0 radical (unpaired) electrons. The summed E-state index contributed by atoms with van der Waals surface area (Å²) < 4.78 is 13.8. The van der Waals surface area contributed by atoms with Gasteiger partial charge in [0.2, 0.25) is 0 Å². The van der Waals surface area contributed by atoms with E-state index in [1.807, 2.05) is 0 Å². The van der Waals surface area contributed by atoms with Crippen LogP contribution in [0.4, 0.5) is 0 Å². The Hall–Kier alpha value is -0.940. The van der Waals surface area contributed by atoms with E-state index < -0.39 is 0 Å². The molecule has 5 heteroatoms. The molecular formula is C7H7N3OS. The Morgan fingerprint density at radius 3 is 3.42 bits per heavy atom. The van der Waals surface area contributed by atoms with Crippen LogP contribution in [-0.4, -0.2) is 15.3 Å². The molecule has 1 aliphatic rings. The van der Waals surface area contributed by atoms with Gasteiger partial charge in [0.25, 0.3) is 5.71 Å². The summed E-state index contributed by atoms with van der Waals surface area (Å²) in [6.45, 7) is 1.86. The molecule has 0 amide bonds. The van der Waals surface area contributed by atoms with Crippen molar-refractivity contribution in [3.8, 4) is 0 Å². The van der Waals surface area contributed by atoms with Crippen LogP contribution in [0.2, 0.25) is 0 Å². The fraction of sp³-hybridized carbons (Fsp3) is 0.429. The molecule has 12 heavy (non-hydrogen) atoms. The second kappa shape index (κ2) is 2.27. The summed E-state index contributed by atoms with van der Waals surface area (Å²) in [6.07, 6.45) is 0.956. The second-order valence-corrected chi connectivity index (χ2v) is 3.38. The van der Waals surface area contributed by atoms with E-state index in [4.69, 9.17) is 4.42 Å². The molecule has 1 N–H and O–H groups in total. The van der Waals surface area contributed by atoms with Crippen molar-refractivity contribution in [2.45, 2.75) is 13.0 Å². The third-order valence-electron chi connectivity index (χ3n) is 2.13. The average molecular weight is 181 g/mol. The van der Waals surface area contributed by atoms with Gasteiger partial charge < -0.3 is 9.73 Å². The topological polar surface area (TPSA) is 51.0 Å². The number of rotatable bonds is 0. The zero-order valence-corrected chi connectivity index (χ0v) is 7.15. The van der Waals surface area contributed by atoms with Crippen molar-refractivity contribution in [1.82, 2.24) is 14.1 Å². The molecule has 0 aliphatic carbocycles. The van der Waals surface area contributed by atoms with Crippen LogP contribution in [-0.2, 0) is 13.0 Å². The molecule has 0 spiro atoms. The lowest BCUT2D eigenvalue weighted by Gasteiger charge is -2.09. The van der Waals surface area contributed by atoms with E-state index in [-0.39, 0.29) is 0 Å². The van der Waals surface area contributed by atoms with Crippen molar-refractivity contribution in [3.63, 3.8) is 0 Å². The highest BCUT2D eigenvalue weighted by Crippen LogP contribution is 2.25. The van der Waals surface area contributed by atoms with E-state index in [0.717, 1.165) is 30.8 Å². The van der Waals surface area contributed by atoms with Gasteiger partial charge in [-0.25, -0.2) is 0 Å². The Labute approximate surface area is 72.9 Å². The number of aromatic nitrogens is 2. The zero-order chi connectivity index (χ0) is 7.97. The molecule has 0 unspecified atom stereocenters. The molecule has 0 saturated heterocycles. The summed E-state index contributed by atoms with van der Waals surface area (Å²) in [5.74, 6) is 1.06. The van der Waals surface area contributed by atoms with Gasteiger partial charge in [0, 0.05) is 25.1 Å². The summed E-state index contributed by atoms with van der Waals surface area (Å²) in [4.78, 5) is 0. The van der Waals surface area contributed by atoms with Crippen LogP contribution in [0.3, 0.4) is 0 Å². The van der Waals surface area contributed by atoms with Crippen molar-refractivity contribution < 1.29 is 4.42 Å². The minimum absolute atomic E-state index is 0.703. The van der Waals surface area contributed by atoms with Crippen molar-refractivity contribution in [2.24, 2.45) is 0 Å². The third kappa shape index (κ3) is 0.748. The Morgan fingerprint density at radius 1 is 1.42 bits per heavy atom. The second-order valence-electron chi connectivity index (χ2n) is 2.85. The highest BCUT2D eigenvalue weighted by atomic mass is 32.1. The van der Waals surface area contributed by atoms with Gasteiger partial charge in [-0.15, -0.1) is 4.37 Å². The molecule has 4 nitrogen and oxygen atoms in total. The lowest BCUT2D eigenvalue weighted by Crippen LogP contribution is -2.22. The number of hydrogen-bond donors (Lipinski definition) is 1. The highest BCUT2D eigenvalue weighted by Gasteiger charge is 2.19. The monoisotopic (exact) mass is 181 g/mol. The predicted molar refractivity (Wildman–Crippen MR) is 45.1 cm³/mol. The first kappa shape index (κ1) is 6.56. The number of furan rings is 1.